The molecule has 0 aliphatic heterocycles. The van der Waals surface area contributed by atoms with Crippen LogP contribution in [0.4, 0.5) is 18.9 Å². The van der Waals surface area contributed by atoms with Crippen molar-refractivity contribution in [3.8, 4) is 17.1 Å². The second-order valence-corrected chi connectivity index (χ2v) is 4.78. The molecule has 116 valence electrons. The van der Waals surface area contributed by atoms with Crippen LogP contribution in [0.1, 0.15) is 10.6 Å². The Kier molecular flexibility index (Phi) is 4.22. The molecule has 0 fully saturated rings. The Balaban J connectivity index is 2.58. The third-order valence-corrected chi connectivity index (χ3v) is 3.09. The van der Waals surface area contributed by atoms with Gasteiger partial charge in [0.15, 0.2) is 12.0 Å². The molecule has 0 bridgehead atoms. The Hall–Kier alpha value is -2.36. The third-order valence-electron chi connectivity index (χ3n) is 2.46. The minimum atomic E-state index is -4.98. The molecule has 0 saturated heterocycles. The molecule has 1 aromatic heterocycles. The highest BCUT2D eigenvalue weighted by molar-refractivity contribution is 9.10. The average Bonchev–Trinajstić information content (AvgIpc) is 2.84. The maximum Gasteiger partial charge on any atom is 0.573 e. The molecular formula is C12H5BrF3NO5. The largest absolute Gasteiger partial charge is 0.573 e. The number of hydrogen-bond donors (Lipinski definition) is 0. The van der Waals surface area contributed by atoms with Crippen LogP contribution in [0, 0.1) is 10.1 Å². The standard InChI is InChI=1S/C12H5BrF3NO5/c13-8-3-7(22-12(14,15)16)4-9(17(19)20)11(8)10-2-1-6(5-18)21-10/h1-5H. The zero-order chi connectivity index (χ0) is 16.5. The first-order valence-electron chi connectivity index (χ1n) is 5.50. The van der Waals surface area contributed by atoms with Crippen LogP contribution < -0.4 is 4.74 Å². The van der Waals surface area contributed by atoms with Gasteiger partial charge in [-0.1, -0.05) is 0 Å². The summed E-state index contributed by atoms with van der Waals surface area (Å²) in [6, 6.07) is 4.11. The van der Waals surface area contributed by atoms with Crippen molar-refractivity contribution in [1.29, 1.82) is 0 Å². The summed E-state index contributed by atoms with van der Waals surface area (Å²) in [6.07, 6.45) is -4.59. The van der Waals surface area contributed by atoms with Gasteiger partial charge in [0.05, 0.1) is 11.0 Å². The van der Waals surface area contributed by atoms with Gasteiger partial charge in [0.2, 0.25) is 0 Å². The number of nitro groups is 1. The summed E-state index contributed by atoms with van der Waals surface area (Å²) >= 11 is 2.94. The van der Waals surface area contributed by atoms with Crippen LogP contribution in [0.25, 0.3) is 11.3 Å². The molecule has 0 radical (unpaired) electrons. The van der Waals surface area contributed by atoms with Gasteiger partial charge in [0, 0.05) is 4.47 Å². The van der Waals surface area contributed by atoms with Gasteiger partial charge in [0.25, 0.3) is 5.69 Å². The number of alkyl halides is 3. The Morgan fingerprint density at radius 2 is 2.00 bits per heavy atom. The van der Waals surface area contributed by atoms with Gasteiger partial charge in [-0.05, 0) is 34.1 Å². The second kappa shape index (κ2) is 5.79. The van der Waals surface area contributed by atoms with Crippen molar-refractivity contribution in [2.75, 3.05) is 0 Å². The monoisotopic (exact) mass is 379 g/mol. The molecule has 0 spiro atoms. The first kappa shape index (κ1) is 16.0. The topological polar surface area (TPSA) is 82.6 Å². The fourth-order valence-corrected chi connectivity index (χ4v) is 2.32. The molecule has 2 rings (SSSR count). The second-order valence-electron chi connectivity index (χ2n) is 3.92. The summed E-state index contributed by atoms with van der Waals surface area (Å²) < 4.78 is 45.3. The first-order chi connectivity index (χ1) is 10.2. The van der Waals surface area contributed by atoms with E-state index in [0.717, 1.165) is 6.07 Å². The van der Waals surface area contributed by atoms with Gasteiger partial charge < -0.3 is 9.15 Å². The Bertz CT molecular complexity index is 741. The van der Waals surface area contributed by atoms with Crippen molar-refractivity contribution >= 4 is 27.9 Å². The van der Waals surface area contributed by atoms with E-state index in [1.807, 2.05) is 0 Å². The number of nitrogens with zero attached hydrogens (tertiary/aromatic N) is 1. The van der Waals surface area contributed by atoms with E-state index in [1.54, 1.807) is 0 Å². The highest BCUT2D eigenvalue weighted by Gasteiger charge is 2.33. The molecule has 0 aliphatic carbocycles. The number of carbonyl (C=O) groups excluding carboxylic acids is 1. The number of benzene rings is 1. The highest BCUT2D eigenvalue weighted by atomic mass is 79.9. The van der Waals surface area contributed by atoms with Crippen molar-refractivity contribution in [1.82, 2.24) is 0 Å². The van der Waals surface area contributed by atoms with Gasteiger partial charge in [0.1, 0.15) is 17.1 Å². The molecule has 0 saturated carbocycles. The lowest BCUT2D eigenvalue weighted by molar-refractivity contribution is -0.384. The predicted molar refractivity (Wildman–Crippen MR) is 70.6 cm³/mol. The van der Waals surface area contributed by atoms with Gasteiger partial charge in [-0.15, -0.1) is 13.2 Å². The normalized spacial score (nSPS) is 11.3. The zero-order valence-electron chi connectivity index (χ0n) is 10.4. The third kappa shape index (κ3) is 3.45. The zero-order valence-corrected chi connectivity index (χ0v) is 12.0. The van der Waals surface area contributed by atoms with Crippen LogP contribution in [0.3, 0.4) is 0 Å². The van der Waals surface area contributed by atoms with Crippen LogP contribution in [0.5, 0.6) is 5.75 Å². The van der Waals surface area contributed by atoms with Crippen molar-refractivity contribution in [2.45, 2.75) is 6.36 Å². The number of hydrogen-bond acceptors (Lipinski definition) is 5. The fraction of sp³-hybridized carbons (Fsp3) is 0.0833. The van der Waals surface area contributed by atoms with Crippen molar-refractivity contribution in [3.05, 3.63) is 44.6 Å². The van der Waals surface area contributed by atoms with Crippen LogP contribution >= 0.6 is 15.9 Å². The Morgan fingerprint density at radius 3 is 2.50 bits per heavy atom. The number of furan rings is 1. The number of halogens is 4. The van der Waals surface area contributed by atoms with E-state index in [4.69, 9.17) is 4.42 Å². The first-order valence-corrected chi connectivity index (χ1v) is 6.29. The lowest BCUT2D eigenvalue weighted by Crippen LogP contribution is -2.17. The van der Waals surface area contributed by atoms with Crippen molar-refractivity contribution in [2.24, 2.45) is 0 Å². The lowest BCUT2D eigenvalue weighted by Gasteiger charge is -2.10. The summed E-state index contributed by atoms with van der Waals surface area (Å²) in [7, 11) is 0. The van der Waals surface area contributed by atoms with E-state index in [2.05, 4.69) is 20.7 Å². The van der Waals surface area contributed by atoms with E-state index in [0.29, 0.717) is 12.4 Å². The van der Waals surface area contributed by atoms with E-state index < -0.39 is 22.7 Å². The van der Waals surface area contributed by atoms with E-state index in [1.165, 1.54) is 12.1 Å². The molecule has 10 heteroatoms. The summed E-state index contributed by atoms with van der Waals surface area (Å²) in [6.45, 7) is 0. The number of ether oxygens (including phenoxy) is 1. The van der Waals surface area contributed by atoms with Gasteiger partial charge >= 0.3 is 6.36 Å². The predicted octanol–water partition coefficient (Wildman–Crippen LogP) is 4.33. The molecule has 0 amide bonds. The molecule has 1 heterocycles. The SMILES string of the molecule is O=Cc1ccc(-c2c(Br)cc(OC(F)(F)F)cc2[N+](=O)[O-])o1. The summed E-state index contributed by atoms with van der Waals surface area (Å²) in [5, 5.41) is 11.1. The van der Waals surface area contributed by atoms with E-state index in [-0.39, 0.29) is 21.6 Å². The molecule has 0 N–H and O–H groups in total. The van der Waals surface area contributed by atoms with Gasteiger partial charge in [-0.25, -0.2) is 0 Å². The molecule has 2 aromatic rings. The number of rotatable bonds is 4. The minimum absolute atomic E-state index is 0.0424. The maximum absolute atomic E-state index is 12.2. The number of aldehydes is 1. The number of carbonyl (C=O) groups is 1. The maximum atomic E-state index is 12.2. The molecule has 0 unspecified atom stereocenters. The lowest BCUT2D eigenvalue weighted by atomic mass is 10.1. The fourth-order valence-electron chi connectivity index (χ4n) is 1.70. The summed E-state index contributed by atoms with van der Waals surface area (Å²) in [4.78, 5) is 20.8. The quantitative estimate of drug-likeness (QED) is 0.448. The molecule has 0 aliphatic rings. The molecule has 0 atom stereocenters. The molecule has 1 aromatic carbocycles. The minimum Gasteiger partial charge on any atom is -0.453 e. The van der Waals surface area contributed by atoms with E-state index in [9.17, 15) is 28.1 Å². The smallest absolute Gasteiger partial charge is 0.453 e. The van der Waals surface area contributed by atoms with Gasteiger partial charge in [-0.3, -0.25) is 14.9 Å². The molecule has 6 nitrogen and oxygen atoms in total. The van der Waals surface area contributed by atoms with Crippen LogP contribution in [-0.4, -0.2) is 17.6 Å². The van der Waals surface area contributed by atoms with Crippen LogP contribution in [0.15, 0.2) is 33.2 Å². The molecule has 22 heavy (non-hydrogen) atoms. The average molecular weight is 380 g/mol. The summed E-state index contributed by atoms with van der Waals surface area (Å²) in [5.74, 6) is -0.872. The van der Waals surface area contributed by atoms with Crippen LogP contribution in [0.2, 0.25) is 0 Å². The summed E-state index contributed by atoms with van der Waals surface area (Å²) in [5.41, 5.74) is -0.770. The van der Waals surface area contributed by atoms with E-state index >= 15 is 0 Å². The van der Waals surface area contributed by atoms with Crippen molar-refractivity contribution < 1.29 is 32.0 Å². The Morgan fingerprint density at radius 1 is 1.32 bits per heavy atom. The van der Waals surface area contributed by atoms with Gasteiger partial charge in [-0.2, -0.15) is 0 Å². The Labute approximate surface area is 128 Å². The molecular weight excluding hydrogens is 375 g/mol. The number of nitro benzene ring substituents is 1. The van der Waals surface area contributed by atoms with Crippen molar-refractivity contribution in [3.63, 3.8) is 0 Å². The highest BCUT2D eigenvalue weighted by Crippen LogP contribution is 2.41. The van der Waals surface area contributed by atoms with Crippen LogP contribution in [-0.2, 0) is 0 Å².